The number of likely N-dealkylation sites (N-methyl/N-ethyl adjacent to an activating group) is 1. The molecule has 59 heavy (non-hydrogen) atoms. The Morgan fingerprint density at radius 3 is 1.76 bits per heavy atom. The van der Waals surface area contributed by atoms with E-state index in [2.05, 4.69) is 63.5 Å². The van der Waals surface area contributed by atoms with Gasteiger partial charge in [-0.3, -0.25) is 14.5 Å². The van der Waals surface area contributed by atoms with Crippen LogP contribution in [0.4, 0.5) is 4.79 Å². The molecule has 2 saturated heterocycles. The molecule has 0 spiro atoms. The van der Waals surface area contributed by atoms with E-state index in [9.17, 15) is 19.5 Å². The smallest absolute Gasteiger partial charge is 0.407 e. The van der Waals surface area contributed by atoms with Crippen molar-refractivity contribution in [1.82, 2.24) is 39.6 Å². The molecule has 3 amide bonds. The van der Waals surface area contributed by atoms with Gasteiger partial charge >= 0.3 is 6.09 Å². The molecule has 9 rings (SSSR count). The highest BCUT2D eigenvalue weighted by Gasteiger charge is 2.39. The number of benzene rings is 4. The maximum absolute atomic E-state index is 14.0. The van der Waals surface area contributed by atoms with Gasteiger partial charge in [0, 0.05) is 31.1 Å². The van der Waals surface area contributed by atoms with Crippen LogP contribution in [0.5, 0.6) is 0 Å². The van der Waals surface area contributed by atoms with Crippen LogP contribution < -0.4 is 0 Å². The number of aromatic amines is 2. The number of nitrogens with zero attached hydrogens (tertiary/aromatic N) is 6. The lowest BCUT2D eigenvalue weighted by Gasteiger charge is -2.32. The first-order chi connectivity index (χ1) is 28.8. The van der Waals surface area contributed by atoms with E-state index in [0.717, 1.165) is 80.6 Å². The van der Waals surface area contributed by atoms with Gasteiger partial charge in [-0.1, -0.05) is 109 Å². The Hall–Kier alpha value is -6.86. The molecule has 3 aromatic heterocycles. The Labute approximate surface area is 345 Å². The van der Waals surface area contributed by atoms with Gasteiger partial charge in [-0.05, 0) is 53.5 Å². The lowest BCUT2D eigenvalue weighted by atomic mass is 10.0. The number of carbonyl (C=O) groups is 3. The first-order valence-corrected chi connectivity index (χ1v) is 20.6. The average Bonchev–Trinajstić information content (AvgIpc) is 4.13. The molecule has 2 fully saturated rings. The number of carboxylic acid groups (broad SMARTS) is 1. The third-order valence-corrected chi connectivity index (χ3v) is 12.3. The minimum Gasteiger partial charge on any atom is -0.465 e. The fourth-order valence-corrected chi connectivity index (χ4v) is 9.07. The van der Waals surface area contributed by atoms with Crippen LogP contribution in [0.2, 0.25) is 0 Å². The second kappa shape index (κ2) is 16.2. The van der Waals surface area contributed by atoms with E-state index in [-0.39, 0.29) is 23.9 Å². The number of amides is 3. The van der Waals surface area contributed by atoms with E-state index in [0.29, 0.717) is 30.2 Å². The Morgan fingerprint density at radius 2 is 1.20 bits per heavy atom. The number of aromatic nitrogens is 5. The van der Waals surface area contributed by atoms with Gasteiger partial charge in [0.15, 0.2) is 0 Å². The summed E-state index contributed by atoms with van der Waals surface area (Å²) in [5.41, 5.74) is 7.92. The fourth-order valence-electron chi connectivity index (χ4n) is 8.27. The number of thiazole rings is 1. The SMILES string of the molecule is CN(C(=O)O)[C@@H](C(=O)N1CCC[C@H]1c1ncc(-c2ccc(-c3ccc(-c4cnc([C@@H]5CCCN5C(=O)c5csc(-c6ccccc6)n5)[nH]4)cc3)cc2)[nH]1)c1ccccc1. The van der Waals surface area contributed by atoms with Crippen LogP contribution in [0.1, 0.15) is 71.5 Å². The third-order valence-electron chi connectivity index (χ3n) is 11.4. The minimum atomic E-state index is -1.16. The zero-order valence-corrected chi connectivity index (χ0v) is 33.2. The molecule has 2 aliphatic heterocycles. The van der Waals surface area contributed by atoms with E-state index in [1.54, 1.807) is 23.2 Å². The molecule has 12 nitrogen and oxygen atoms in total. The summed E-state index contributed by atoms with van der Waals surface area (Å²) in [6, 6.07) is 34.2. The number of nitrogens with one attached hydrogen (secondary N) is 2. The largest absolute Gasteiger partial charge is 0.465 e. The van der Waals surface area contributed by atoms with Gasteiger partial charge in [0.05, 0.1) is 35.9 Å². The number of rotatable bonds is 10. The first kappa shape index (κ1) is 37.7. The molecule has 0 bridgehead atoms. The Balaban J connectivity index is 0.856. The summed E-state index contributed by atoms with van der Waals surface area (Å²) in [5, 5.41) is 12.5. The van der Waals surface area contributed by atoms with E-state index in [1.165, 1.54) is 18.4 Å². The zero-order chi connectivity index (χ0) is 40.5. The molecule has 7 aromatic rings. The number of imidazole rings is 2. The summed E-state index contributed by atoms with van der Waals surface area (Å²) >= 11 is 1.48. The van der Waals surface area contributed by atoms with Gasteiger partial charge in [-0.25, -0.2) is 19.7 Å². The number of hydrogen-bond donors (Lipinski definition) is 3. The highest BCUT2D eigenvalue weighted by Crippen LogP contribution is 2.37. The van der Waals surface area contributed by atoms with Crippen LogP contribution >= 0.6 is 11.3 Å². The van der Waals surface area contributed by atoms with E-state index >= 15 is 0 Å². The molecule has 0 aliphatic carbocycles. The molecule has 3 N–H and O–H groups in total. The summed E-state index contributed by atoms with van der Waals surface area (Å²) in [7, 11) is 1.43. The average molecular weight is 803 g/mol. The molecular weight excluding hydrogens is 761 g/mol. The van der Waals surface area contributed by atoms with Gasteiger partial charge in [-0.2, -0.15) is 0 Å². The van der Waals surface area contributed by atoms with Crippen LogP contribution in [-0.4, -0.2) is 82.8 Å². The van der Waals surface area contributed by atoms with E-state index < -0.39 is 12.1 Å². The van der Waals surface area contributed by atoms with Crippen molar-refractivity contribution in [3.8, 4) is 44.2 Å². The van der Waals surface area contributed by atoms with Crippen molar-refractivity contribution in [2.75, 3.05) is 20.1 Å². The molecule has 0 saturated carbocycles. The van der Waals surface area contributed by atoms with Crippen LogP contribution in [0.25, 0.3) is 44.2 Å². The number of hydrogen-bond acceptors (Lipinski definition) is 7. The van der Waals surface area contributed by atoms with Crippen molar-refractivity contribution in [3.05, 3.63) is 150 Å². The monoisotopic (exact) mass is 802 g/mol. The van der Waals surface area contributed by atoms with Crippen molar-refractivity contribution in [3.63, 3.8) is 0 Å². The molecule has 5 heterocycles. The van der Waals surface area contributed by atoms with E-state index in [1.807, 2.05) is 65.0 Å². The second-order valence-corrected chi connectivity index (χ2v) is 15.8. The Kier molecular flexibility index (Phi) is 10.3. The molecule has 3 atom stereocenters. The van der Waals surface area contributed by atoms with Crippen molar-refractivity contribution in [2.45, 2.75) is 43.8 Å². The normalized spacial score (nSPS) is 17.0. The standard InChI is InChI=1S/C46H42N8O4S/c1-52(46(57)58)40(33-10-4-2-5-11-33)45(56)54-25-9-15-39(54)42-48-27-36(50-42)32-22-18-30(19-23-32)29-16-20-31(21-17-29)35-26-47-41(49-35)38-14-8-24-53(38)44(55)37-28-59-43(51-37)34-12-6-3-7-13-34/h2-7,10-13,16-23,26-28,38-40H,8-9,14-15,24-25H2,1H3,(H,47,49)(H,48,50)(H,57,58)/t38-,39-,40+/m0/s1. The number of carbonyl (C=O) groups excluding carboxylic acids is 2. The second-order valence-electron chi connectivity index (χ2n) is 15.0. The first-order valence-electron chi connectivity index (χ1n) is 19.8. The topological polar surface area (TPSA) is 151 Å². The fraction of sp³-hybridized carbons (Fsp3) is 0.217. The summed E-state index contributed by atoms with van der Waals surface area (Å²) < 4.78 is 0. The minimum absolute atomic E-state index is 0.0699. The lowest BCUT2D eigenvalue weighted by molar-refractivity contribution is -0.137. The number of H-pyrrole nitrogens is 2. The summed E-state index contributed by atoms with van der Waals surface area (Å²) in [6.45, 7) is 1.19. The van der Waals surface area contributed by atoms with Gasteiger partial charge < -0.3 is 24.9 Å². The predicted octanol–water partition coefficient (Wildman–Crippen LogP) is 9.25. The van der Waals surface area contributed by atoms with Crippen molar-refractivity contribution in [2.24, 2.45) is 0 Å². The molecular formula is C46H42N8O4S. The summed E-state index contributed by atoms with van der Waals surface area (Å²) in [5.74, 6) is 1.13. The summed E-state index contributed by atoms with van der Waals surface area (Å²) in [4.78, 5) is 65.3. The Morgan fingerprint density at radius 1 is 0.695 bits per heavy atom. The van der Waals surface area contributed by atoms with Crippen LogP contribution in [-0.2, 0) is 4.79 Å². The third kappa shape index (κ3) is 7.52. The molecule has 296 valence electrons. The van der Waals surface area contributed by atoms with Gasteiger partial charge in [0.1, 0.15) is 28.4 Å². The molecule has 0 unspecified atom stereocenters. The maximum atomic E-state index is 14.0. The van der Waals surface area contributed by atoms with Crippen molar-refractivity contribution in [1.29, 1.82) is 0 Å². The molecule has 13 heteroatoms. The van der Waals surface area contributed by atoms with E-state index in [4.69, 9.17) is 9.97 Å². The highest BCUT2D eigenvalue weighted by molar-refractivity contribution is 7.13. The number of likely N-dealkylation sites (tertiary alicyclic amines) is 2. The summed E-state index contributed by atoms with van der Waals surface area (Å²) in [6.07, 6.45) is 5.73. The maximum Gasteiger partial charge on any atom is 0.407 e. The van der Waals surface area contributed by atoms with Crippen LogP contribution in [0.3, 0.4) is 0 Å². The van der Waals surface area contributed by atoms with Crippen LogP contribution in [0, 0.1) is 0 Å². The zero-order valence-electron chi connectivity index (χ0n) is 32.4. The predicted molar refractivity (Wildman–Crippen MR) is 226 cm³/mol. The van der Waals surface area contributed by atoms with Gasteiger partial charge in [0.2, 0.25) is 0 Å². The molecule has 4 aromatic carbocycles. The van der Waals surface area contributed by atoms with Gasteiger partial charge in [0.25, 0.3) is 11.8 Å². The quantitative estimate of drug-likeness (QED) is 0.125. The van der Waals surface area contributed by atoms with Crippen LogP contribution in [0.15, 0.2) is 127 Å². The highest BCUT2D eigenvalue weighted by atomic mass is 32.1. The lowest BCUT2D eigenvalue weighted by Crippen LogP contribution is -2.43. The van der Waals surface area contributed by atoms with Crippen molar-refractivity contribution >= 4 is 29.2 Å². The molecule has 0 radical (unpaired) electrons. The Bertz CT molecular complexity index is 2590. The van der Waals surface area contributed by atoms with Crippen molar-refractivity contribution < 1.29 is 19.5 Å². The van der Waals surface area contributed by atoms with Gasteiger partial charge in [-0.15, -0.1) is 11.3 Å². The molecule has 2 aliphatic rings.